The molecule has 0 aliphatic carbocycles. The predicted octanol–water partition coefficient (Wildman–Crippen LogP) is 3.06. The van der Waals surface area contributed by atoms with Crippen molar-refractivity contribution in [2.24, 2.45) is 5.73 Å². The first-order valence-electron chi connectivity index (χ1n) is 5.29. The van der Waals surface area contributed by atoms with E-state index in [1.54, 1.807) is 6.07 Å². The van der Waals surface area contributed by atoms with E-state index in [0.717, 1.165) is 0 Å². The summed E-state index contributed by atoms with van der Waals surface area (Å²) in [7, 11) is 0. The lowest BCUT2D eigenvalue weighted by Crippen LogP contribution is -2.11. The molecule has 0 aromatic heterocycles. The minimum atomic E-state index is -0.591. The molecule has 0 heterocycles. The average Bonchev–Trinajstić information content (AvgIpc) is 2.36. The van der Waals surface area contributed by atoms with E-state index in [4.69, 9.17) is 16.2 Å². The Morgan fingerprint density at radius 3 is 2.53 bits per heavy atom. The van der Waals surface area contributed by atoms with Crippen LogP contribution in [-0.2, 0) is 0 Å². The maximum absolute atomic E-state index is 13.5. The normalized spacial score (nSPS) is 10.2. The van der Waals surface area contributed by atoms with Crippen molar-refractivity contribution < 1.29 is 13.9 Å². The molecule has 0 bridgehead atoms. The summed E-state index contributed by atoms with van der Waals surface area (Å²) in [4.78, 5) is 11.0. The molecule has 1 amide bonds. The second-order valence-corrected chi connectivity index (χ2v) is 4.71. The van der Waals surface area contributed by atoms with Gasteiger partial charge in [-0.1, -0.05) is 15.9 Å². The third-order valence-corrected chi connectivity index (χ3v) is 2.90. The Kier molecular flexibility index (Phi) is 3.71. The molecule has 2 aromatic carbocycles. The lowest BCUT2D eigenvalue weighted by Gasteiger charge is -2.10. The Balaban J connectivity index is 2.33. The summed E-state index contributed by atoms with van der Waals surface area (Å²) in [5.41, 5.74) is 11.3. The van der Waals surface area contributed by atoms with Gasteiger partial charge >= 0.3 is 0 Å². The van der Waals surface area contributed by atoms with Gasteiger partial charge in [0.15, 0.2) is 17.3 Å². The fraction of sp³-hybridized carbons (Fsp3) is 0. The third-order valence-electron chi connectivity index (χ3n) is 2.41. The number of primary amides is 1. The van der Waals surface area contributed by atoms with Crippen molar-refractivity contribution in [2.45, 2.75) is 0 Å². The van der Waals surface area contributed by atoms with Gasteiger partial charge in [-0.25, -0.2) is 4.39 Å². The van der Waals surface area contributed by atoms with Crippen LogP contribution in [0.15, 0.2) is 40.9 Å². The standard InChI is InChI=1S/C13H10BrFN2O2/c14-8-2-3-9(15)12(6-8)19-11-4-1-7(13(17)18)5-10(11)16/h1-6H,16H2,(H2,17,18). The lowest BCUT2D eigenvalue weighted by molar-refractivity contribution is 0.100. The van der Waals surface area contributed by atoms with Crippen molar-refractivity contribution in [3.05, 3.63) is 52.3 Å². The first-order valence-corrected chi connectivity index (χ1v) is 6.09. The van der Waals surface area contributed by atoms with Crippen LogP contribution in [0.25, 0.3) is 0 Å². The van der Waals surface area contributed by atoms with Crippen LogP contribution >= 0.6 is 15.9 Å². The summed E-state index contributed by atoms with van der Waals surface area (Å²) < 4.78 is 19.6. The monoisotopic (exact) mass is 324 g/mol. The van der Waals surface area contributed by atoms with E-state index in [2.05, 4.69) is 15.9 Å². The number of anilines is 1. The number of carbonyl (C=O) groups excluding carboxylic acids is 1. The second-order valence-electron chi connectivity index (χ2n) is 3.79. The van der Waals surface area contributed by atoms with E-state index in [0.29, 0.717) is 4.47 Å². The number of benzene rings is 2. The molecule has 0 radical (unpaired) electrons. The zero-order valence-corrected chi connectivity index (χ0v) is 11.3. The molecule has 0 fully saturated rings. The first-order chi connectivity index (χ1) is 8.97. The molecule has 4 N–H and O–H groups in total. The summed E-state index contributed by atoms with van der Waals surface area (Å²) in [5, 5.41) is 0. The molecule has 4 nitrogen and oxygen atoms in total. The van der Waals surface area contributed by atoms with Gasteiger partial charge in [-0.2, -0.15) is 0 Å². The van der Waals surface area contributed by atoms with Crippen LogP contribution in [0.4, 0.5) is 10.1 Å². The third kappa shape index (κ3) is 3.03. The van der Waals surface area contributed by atoms with Crippen LogP contribution in [0.1, 0.15) is 10.4 Å². The first kappa shape index (κ1) is 13.4. The van der Waals surface area contributed by atoms with Crippen molar-refractivity contribution in [2.75, 3.05) is 5.73 Å². The molecule has 0 aliphatic heterocycles. The SMILES string of the molecule is NC(=O)c1ccc(Oc2cc(Br)ccc2F)c(N)c1. The van der Waals surface area contributed by atoms with Gasteiger partial charge in [0.2, 0.25) is 5.91 Å². The molecule has 0 aliphatic rings. The highest BCUT2D eigenvalue weighted by atomic mass is 79.9. The molecule has 19 heavy (non-hydrogen) atoms. The summed E-state index contributed by atoms with van der Waals surface area (Å²) >= 11 is 3.22. The molecule has 0 spiro atoms. The molecule has 0 unspecified atom stereocenters. The van der Waals surface area contributed by atoms with Crippen LogP contribution < -0.4 is 16.2 Å². The molecule has 98 valence electrons. The number of carbonyl (C=O) groups is 1. The Morgan fingerprint density at radius 2 is 1.89 bits per heavy atom. The van der Waals surface area contributed by atoms with Crippen LogP contribution in [0.3, 0.4) is 0 Å². The topological polar surface area (TPSA) is 78.3 Å². The van der Waals surface area contributed by atoms with E-state index < -0.39 is 11.7 Å². The fourth-order valence-corrected chi connectivity index (χ4v) is 1.81. The number of ether oxygens (including phenoxy) is 1. The van der Waals surface area contributed by atoms with Gasteiger partial charge in [0.05, 0.1) is 5.69 Å². The highest BCUT2D eigenvalue weighted by Crippen LogP contribution is 2.31. The van der Waals surface area contributed by atoms with Gasteiger partial charge in [0.25, 0.3) is 0 Å². The average molecular weight is 325 g/mol. The highest BCUT2D eigenvalue weighted by Gasteiger charge is 2.10. The van der Waals surface area contributed by atoms with Crippen molar-refractivity contribution in [3.63, 3.8) is 0 Å². The number of amides is 1. The maximum atomic E-state index is 13.5. The Labute approximate surface area is 117 Å². The van der Waals surface area contributed by atoms with E-state index in [1.165, 1.54) is 30.3 Å². The molecule has 0 saturated heterocycles. The predicted molar refractivity (Wildman–Crippen MR) is 73.5 cm³/mol. The Morgan fingerprint density at radius 1 is 1.16 bits per heavy atom. The minimum Gasteiger partial charge on any atom is -0.452 e. The molecule has 0 atom stereocenters. The Bertz CT molecular complexity index is 647. The summed E-state index contributed by atoms with van der Waals surface area (Å²) in [6.07, 6.45) is 0. The largest absolute Gasteiger partial charge is 0.452 e. The van der Waals surface area contributed by atoms with Crippen LogP contribution in [0, 0.1) is 5.82 Å². The molecule has 2 rings (SSSR count). The number of nitrogen functional groups attached to an aromatic ring is 1. The summed E-state index contributed by atoms with van der Waals surface area (Å²) in [6.45, 7) is 0. The minimum absolute atomic E-state index is 0.0351. The fourth-order valence-electron chi connectivity index (χ4n) is 1.47. The Hall–Kier alpha value is -2.08. The maximum Gasteiger partial charge on any atom is 0.248 e. The summed E-state index contributed by atoms with van der Waals surface area (Å²) in [6, 6.07) is 8.62. The number of hydrogen-bond acceptors (Lipinski definition) is 3. The van der Waals surface area contributed by atoms with Crippen LogP contribution in [-0.4, -0.2) is 5.91 Å². The van der Waals surface area contributed by atoms with Gasteiger partial charge in [0, 0.05) is 10.0 Å². The van der Waals surface area contributed by atoms with Gasteiger partial charge < -0.3 is 16.2 Å². The second kappa shape index (κ2) is 5.27. The number of nitrogens with two attached hydrogens (primary N) is 2. The molecular formula is C13H10BrFN2O2. The van der Waals surface area contributed by atoms with Crippen LogP contribution in [0.5, 0.6) is 11.5 Å². The van der Waals surface area contributed by atoms with Crippen molar-refractivity contribution in [1.29, 1.82) is 0 Å². The number of hydrogen-bond donors (Lipinski definition) is 2. The van der Waals surface area contributed by atoms with Crippen molar-refractivity contribution in [3.8, 4) is 11.5 Å². The van der Waals surface area contributed by atoms with E-state index in [-0.39, 0.29) is 22.7 Å². The molecule has 0 saturated carbocycles. The van der Waals surface area contributed by atoms with Gasteiger partial charge in [0.1, 0.15) is 0 Å². The van der Waals surface area contributed by atoms with Crippen molar-refractivity contribution >= 4 is 27.5 Å². The molecular weight excluding hydrogens is 315 g/mol. The smallest absolute Gasteiger partial charge is 0.248 e. The van der Waals surface area contributed by atoms with Gasteiger partial charge in [-0.05, 0) is 36.4 Å². The van der Waals surface area contributed by atoms with Gasteiger partial charge in [-0.3, -0.25) is 4.79 Å². The molecule has 6 heteroatoms. The summed E-state index contributed by atoms with van der Waals surface area (Å²) in [5.74, 6) is -0.816. The highest BCUT2D eigenvalue weighted by molar-refractivity contribution is 9.10. The zero-order chi connectivity index (χ0) is 14.0. The zero-order valence-electron chi connectivity index (χ0n) is 9.69. The van der Waals surface area contributed by atoms with Crippen molar-refractivity contribution in [1.82, 2.24) is 0 Å². The van der Waals surface area contributed by atoms with E-state index in [1.807, 2.05) is 0 Å². The number of rotatable bonds is 3. The van der Waals surface area contributed by atoms with E-state index >= 15 is 0 Å². The van der Waals surface area contributed by atoms with Crippen LogP contribution in [0.2, 0.25) is 0 Å². The number of halogens is 2. The lowest BCUT2D eigenvalue weighted by atomic mass is 10.2. The van der Waals surface area contributed by atoms with E-state index in [9.17, 15) is 9.18 Å². The quantitative estimate of drug-likeness (QED) is 0.851. The molecule has 2 aromatic rings. The van der Waals surface area contributed by atoms with Gasteiger partial charge in [-0.15, -0.1) is 0 Å².